The molecule has 0 saturated carbocycles. The lowest BCUT2D eigenvalue weighted by atomic mass is 10.0. The van der Waals surface area contributed by atoms with Crippen LogP contribution in [0.3, 0.4) is 0 Å². The summed E-state index contributed by atoms with van der Waals surface area (Å²) in [6, 6.07) is 20.9. The second-order valence-corrected chi connectivity index (χ2v) is 6.78. The second-order valence-electron chi connectivity index (χ2n) is 6.78. The van der Waals surface area contributed by atoms with Crippen LogP contribution in [0.1, 0.15) is 28.9 Å². The number of fused-ring (bicyclic) bond motifs is 1. The third kappa shape index (κ3) is 3.94. The summed E-state index contributed by atoms with van der Waals surface area (Å²) >= 11 is 0. The van der Waals surface area contributed by atoms with Crippen LogP contribution in [-0.4, -0.2) is 23.0 Å². The second kappa shape index (κ2) is 8.10. The number of benzene rings is 2. The third-order valence-corrected chi connectivity index (χ3v) is 4.90. The summed E-state index contributed by atoms with van der Waals surface area (Å²) in [4.78, 5) is 21.9. The normalized spacial score (nSPS) is 11.8. The van der Waals surface area contributed by atoms with Gasteiger partial charge in [-0.2, -0.15) is 0 Å². The molecule has 5 nitrogen and oxygen atoms in total. The fraction of sp³-hybridized carbons (Fsp3) is 0.125. The lowest BCUT2D eigenvalue weighted by molar-refractivity contribution is 0.0941. The molecule has 144 valence electrons. The largest absolute Gasteiger partial charge is 0.497 e. The van der Waals surface area contributed by atoms with Gasteiger partial charge in [-0.1, -0.05) is 18.2 Å². The van der Waals surface area contributed by atoms with Crippen LogP contribution in [0, 0.1) is 0 Å². The molecule has 0 fully saturated rings. The molecule has 29 heavy (non-hydrogen) atoms. The molecule has 1 atom stereocenters. The highest BCUT2D eigenvalue weighted by atomic mass is 16.5. The number of para-hydroxylation sites is 1. The summed E-state index contributed by atoms with van der Waals surface area (Å²) in [5.74, 6) is 0.640. The zero-order valence-electron chi connectivity index (χ0n) is 16.3. The number of rotatable bonds is 5. The number of nitrogens with one attached hydrogen (secondary N) is 1. The minimum Gasteiger partial charge on any atom is -0.497 e. The summed E-state index contributed by atoms with van der Waals surface area (Å²) in [6.45, 7) is 1.96. The average Bonchev–Trinajstić information content (AvgIpc) is 2.79. The Balaban J connectivity index is 1.73. The van der Waals surface area contributed by atoms with E-state index in [1.807, 2.05) is 73.7 Å². The van der Waals surface area contributed by atoms with E-state index >= 15 is 0 Å². The third-order valence-electron chi connectivity index (χ3n) is 4.90. The highest BCUT2D eigenvalue weighted by molar-refractivity contribution is 6.07. The van der Waals surface area contributed by atoms with Crippen molar-refractivity contribution in [1.29, 1.82) is 0 Å². The Hall–Kier alpha value is -3.73. The van der Waals surface area contributed by atoms with Gasteiger partial charge in [0.1, 0.15) is 5.75 Å². The zero-order chi connectivity index (χ0) is 20.2. The van der Waals surface area contributed by atoms with Crippen LogP contribution in [0.25, 0.3) is 22.2 Å². The van der Waals surface area contributed by atoms with Gasteiger partial charge in [0.15, 0.2) is 0 Å². The number of carbonyl (C=O) groups excluding carboxylic acids is 1. The van der Waals surface area contributed by atoms with E-state index in [1.165, 1.54) is 0 Å². The Bertz CT molecular complexity index is 1140. The lowest BCUT2D eigenvalue weighted by Gasteiger charge is -2.16. The molecule has 0 spiro atoms. The van der Waals surface area contributed by atoms with E-state index in [0.717, 1.165) is 33.5 Å². The van der Waals surface area contributed by atoms with Crippen LogP contribution in [0.15, 0.2) is 79.1 Å². The number of ether oxygens (including phenoxy) is 1. The smallest absolute Gasteiger partial charge is 0.252 e. The summed E-state index contributed by atoms with van der Waals surface area (Å²) in [6.07, 6.45) is 3.45. The highest BCUT2D eigenvalue weighted by Gasteiger charge is 2.16. The predicted octanol–water partition coefficient (Wildman–Crippen LogP) is 4.80. The number of nitrogens with zero attached hydrogens (tertiary/aromatic N) is 2. The molecule has 0 radical (unpaired) electrons. The number of amides is 1. The van der Waals surface area contributed by atoms with Gasteiger partial charge in [0.2, 0.25) is 0 Å². The molecular formula is C24H21N3O2. The first-order valence-corrected chi connectivity index (χ1v) is 9.40. The van der Waals surface area contributed by atoms with Crippen LogP contribution in [0.4, 0.5) is 0 Å². The number of hydrogen-bond acceptors (Lipinski definition) is 4. The van der Waals surface area contributed by atoms with Crippen molar-refractivity contribution in [3.05, 3.63) is 90.3 Å². The summed E-state index contributed by atoms with van der Waals surface area (Å²) in [7, 11) is 1.63. The maximum absolute atomic E-state index is 13.2. The molecule has 0 saturated heterocycles. The van der Waals surface area contributed by atoms with Gasteiger partial charge in [-0.25, -0.2) is 4.98 Å². The number of pyridine rings is 2. The standard InChI is InChI=1S/C24H21N3O2/c1-16(17-11-13-25-14-12-17)26-24(28)21-15-23(18-7-9-19(29-2)10-8-18)27-22-6-4-3-5-20(21)22/h3-16H,1-2H3,(H,26,28)/t16-/m0/s1. The number of methoxy groups -OCH3 is 1. The average molecular weight is 383 g/mol. The van der Waals surface area contributed by atoms with E-state index < -0.39 is 0 Å². The Morgan fingerprint density at radius 2 is 1.72 bits per heavy atom. The van der Waals surface area contributed by atoms with Crippen LogP contribution >= 0.6 is 0 Å². The number of carbonyl (C=O) groups is 1. The molecule has 0 aliphatic carbocycles. The number of aromatic nitrogens is 2. The first-order chi connectivity index (χ1) is 14.2. The fourth-order valence-corrected chi connectivity index (χ4v) is 3.28. The molecule has 0 unspecified atom stereocenters. The molecule has 2 heterocycles. The van der Waals surface area contributed by atoms with Crippen LogP contribution in [0.2, 0.25) is 0 Å². The van der Waals surface area contributed by atoms with E-state index in [4.69, 9.17) is 9.72 Å². The topological polar surface area (TPSA) is 64.1 Å². The van der Waals surface area contributed by atoms with Crippen molar-refractivity contribution in [3.63, 3.8) is 0 Å². The quantitative estimate of drug-likeness (QED) is 0.538. The van der Waals surface area contributed by atoms with Crippen molar-refractivity contribution < 1.29 is 9.53 Å². The molecule has 1 N–H and O–H groups in total. The van der Waals surface area contributed by atoms with Gasteiger partial charge in [0.05, 0.1) is 29.9 Å². The minimum absolute atomic E-state index is 0.136. The van der Waals surface area contributed by atoms with Gasteiger partial charge in [0, 0.05) is 23.3 Å². The summed E-state index contributed by atoms with van der Waals surface area (Å²) in [5, 5.41) is 3.91. The van der Waals surface area contributed by atoms with Gasteiger partial charge >= 0.3 is 0 Å². The van der Waals surface area contributed by atoms with Gasteiger partial charge < -0.3 is 10.1 Å². The fourth-order valence-electron chi connectivity index (χ4n) is 3.28. The predicted molar refractivity (Wildman–Crippen MR) is 114 cm³/mol. The van der Waals surface area contributed by atoms with E-state index in [9.17, 15) is 4.79 Å². The molecule has 5 heteroatoms. The molecule has 2 aromatic heterocycles. The van der Waals surface area contributed by atoms with Gasteiger partial charge in [-0.3, -0.25) is 9.78 Å². The molecular weight excluding hydrogens is 362 g/mol. The van der Waals surface area contributed by atoms with Crippen molar-refractivity contribution in [2.75, 3.05) is 7.11 Å². The molecule has 0 bridgehead atoms. The van der Waals surface area contributed by atoms with E-state index in [2.05, 4.69) is 10.3 Å². The molecule has 2 aromatic carbocycles. The molecule has 4 rings (SSSR count). The summed E-state index contributed by atoms with van der Waals surface area (Å²) in [5.41, 5.74) is 4.05. The van der Waals surface area contributed by atoms with Crippen LogP contribution in [-0.2, 0) is 0 Å². The molecule has 1 amide bonds. The SMILES string of the molecule is COc1ccc(-c2cc(C(=O)N[C@@H](C)c3ccncc3)c3ccccc3n2)cc1. The first-order valence-electron chi connectivity index (χ1n) is 9.40. The van der Waals surface area contributed by atoms with Gasteiger partial charge in [-0.15, -0.1) is 0 Å². The molecule has 4 aromatic rings. The van der Waals surface area contributed by atoms with E-state index in [0.29, 0.717) is 5.56 Å². The van der Waals surface area contributed by atoms with E-state index in [1.54, 1.807) is 19.5 Å². The Labute approximate surface area is 169 Å². The van der Waals surface area contributed by atoms with Crippen LogP contribution < -0.4 is 10.1 Å². The van der Waals surface area contributed by atoms with Crippen molar-refractivity contribution in [2.45, 2.75) is 13.0 Å². The zero-order valence-corrected chi connectivity index (χ0v) is 16.3. The Kier molecular flexibility index (Phi) is 5.20. The maximum Gasteiger partial charge on any atom is 0.252 e. The van der Waals surface area contributed by atoms with Crippen molar-refractivity contribution in [3.8, 4) is 17.0 Å². The highest BCUT2D eigenvalue weighted by Crippen LogP contribution is 2.27. The molecule has 0 aliphatic rings. The van der Waals surface area contributed by atoms with Crippen molar-refractivity contribution >= 4 is 16.8 Å². The molecule has 0 aliphatic heterocycles. The van der Waals surface area contributed by atoms with Crippen LogP contribution in [0.5, 0.6) is 5.75 Å². The number of hydrogen-bond donors (Lipinski definition) is 1. The van der Waals surface area contributed by atoms with Gasteiger partial charge in [0.25, 0.3) is 5.91 Å². The Morgan fingerprint density at radius 1 is 1.00 bits per heavy atom. The monoisotopic (exact) mass is 383 g/mol. The van der Waals surface area contributed by atoms with Gasteiger partial charge in [-0.05, 0) is 61.0 Å². The van der Waals surface area contributed by atoms with E-state index in [-0.39, 0.29) is 11.9 Å². The summed E-state index contributed by atoms with van der Waals surface area (Å²) < 4.78 is 5.23. The first kappa shape index (κ1) is 18.6. The van der Waals surface area contributed by atoms with Crippen molar-refractivity contribution in [2.24, 2.45) is 0 Å². The minimum atomic E-state index is -0.137. The lowest BCUT2D eigenvalue weighted by Crippen LogP contribution is -2.27. The maximum atomic E-state index is 13.2. The Morgan fingerprint density at radius 3 is 2.45 bits per heavy atom. The van der Waals surface area contributed by atoms with Crippen molar-refractivity contribution in [1.82, 2.24) is 15.3 Å².